The molecule has 0 aliphatic carbocycles. The summed E-state index contributed by atoms with van der Waals surface area (Å²) in [6.45, 7) is 2.68. The average Bonchev–Trinajstić information content (AvgIpc) is 2.45. The molecule has 10 N–H and O–H groups in total. The summed E-state index contributed by atoms with van der Waals surface area (Å²) >= 11 is 0. The lowest BCUT2D eigenvalue weighted by Crippen LogP contribution is -2.25. The highest BCUT2D eigenvalue weighted by Gasteiger charge is 2.11. The molecule has 0 fully saturated rings. The van der Waals surface area contributed by atoms with Gasteiger partial charge in [0, 0.05) is 12.6 Å². The third kappa shape index (κ3) is 5.23. The van der Waals surface area contributed by atoms with E-state index in [1.807, 2.05) is 0 Å². The number of nitrogens with two attached hydrogens (primary N) is 4. The predicted molar refractivity (Wildman–Crippen MR) is 92.7 cm³/mol. The third-order valence-electron chi connectivity index (χ3n) is 3.09. The van der Waals surface area contributed by atoms with Gasteiger partial charge < -0.3 is 33.6 Å². The fraction of sp³-hybridized carbons (Fsp3) is 0.500. The smallest absolute Gasteiger partial charge is 0.229 e. The molecular weight excluding hydrogens is 312 g/mol. The molecule has 2 heterocycles. The van der Waals surface area contributed by atoms with Crippen LogP contribution in [0.1, 0.15) is 26.2 Å². The van der Waals surface area contributed by atoms with Crippen LogP contribution < -0.4 is 33.6 Å². The monoisotopic (exact) mass is 334 g/mol. The molecule has 12 nitrogen and oxygen atoms in total. The lowest BCUT2D eigenvalue weighted by Gasteiger charge is -2.18. The van der Waals surface area contributed by atoms with Crippen molar-refractivity contribution in [2.45, 2.75) is 32.2 Å². The third-order valence-corrected chi connectivity index (χ3v) is 3.09. The van der Waals surface area contributed by atoms with Crippen LogP contribution in [-0.4, -0.2) is 42.5 Å². The molecular formula is C12H22N12. The number of aromatic nitrogens is 6. The van der Waals surface area contributed by atoms with Gasteiger partial charge in [-0.1, -0.05) is 13.3 Å². The summed E-state index contributed by atoms with van der Waals surface area (Å²) in [5.74, 6) is 0.994. The number of rotatable bonds is 8. The molecule has 2 aromatic heterocycles. The fourth-order valence-electron chi connectivity index (χ4n) is 2.14. The van der Waals surface area contributed by atoms with Crippen LogP contribution in [0.15, 0.2) is 0 Å². The number of nitrogens with zero attached hydrogens (tertiary/aromatic N) is 6. The van der Waals surface area contributed by atoms with Crippen molar-refractivity contribution >= 4 is 35.7 Å². The van der Waals surface area contributed by atoms with Crippen molar-refractivity contribution < 1.29 is 0 Å². The van der Waals surface area contributed by atoms with E-state index >= 15 is 0 Å². The van der Waals surface area contributed by atoms with Gasteiger partial charge in [0.25, 0.3) is 0 Å². The molecule has 0 saturated carbocycles. The Kier molecular flexibility index (Phi) is 5.65. The van der Waals surface area contributed by atoms with Crippen LogP contribution in [0, 0.1) is 0 Å². The Bertz CT molecular complexity index is 635. The standard InChI is InChI=1S/C12H22N12/c1-2-3-6(18-12-23-9(15)20-10(16)24-12)4-5-17-11-21-7(13)19-8(14)22-11/h6H,2-5H2,1H3,(H5,13,14,17,19,21,22)(H5,15,16,18,20,23,24). The molecule has 0 radical (unpaired) electrons. The van der Waals surface area contributed by atoms with Crippen LogP contribution in [0.25, 0.3) is 0 Å². The van der Waals surface area contributed by atoms with Gasteiger partial charge in [-0.25, -0.2) is 0 Å². The van der Waals surface area contributed by atoms with Crippen LogP contribution in [0.4, 0.5) is 35.7 Å². The maximum absolute atomic E-state index is 5.57. The summed E-state index contributed by atoms with van der Waals surface area (Å²) in [6.07, 6.45) is 2.65. The average molecular weight is 334 g/mol. The van der Waals surface area contributed by atoms with Gasteiger partial charge >= 0.3 is 0 Å². The quantitative estimate of drug-likeness (QED) is 0.360. The number of hydrogen-bond donors (Lipinski definition) is 6. The zero-order chi connectivity index (χ0) is 17.5. The normalized spacial score (nSPS) is 11.9. The molecule has 1 atom stereocenters. The minimum Gasteiger partial charge on any atom is -0.368 e. The molecule has 2 rings (SSSR count). The Morgan fingerprint density at radius 2 is 1.25 bits per heavy atom. The zero-order valence-corrected chi connectivity index (χ0v) is 13.4. The topological polar surface area (TPSA) is 205 Å². The van der Waals surface area contributed by atoms with E-state index in [-0.39, 0.29) is 29.8 Å². The second kappa shape index (κ2) is 7.89. The molecule has 130 valence electrons. The Hall–Kier alpha value is -3.18. The molecule has 2 aromatic rings. The molecule has 0 aliphatic heterocycles. The van der Waals surface area contributed by atoms with Crippen molar-refractivity contribution in [3.63, 3.8) is 0 Å². The van der Waals surface area contributed by atoms with Gasteiger partial charge in [0.1, 0.15) is 0 Å². The van der Waals surface area contributed by atoms with Crippen LogP contribution in [-0.2, 0) is 0 Å². The van der Waals surface area contributed by atoms with Gasteiger partial charge in [0.15, 0.2) is 0 Å². The summed E-state index contributed by atoms with van der Waals surface area (Å²) in [7, 11) is 0. The van der Waals surface area contributed by atoms with E-state index in [2.05, 4.69) is 47.5 Å². The van der Waals surface area contributed by atoms with Crippen LogP contribution in [0.5, 0.6) is 0 Å². The van der Waals surface area contributed by atoms with E-state index in [1.54, 1.807) is 0 Å². The maximum Gasteiger partial charge on any atom is 0.229 e. The van der Waals surface area contributed by atoms with Crippen LogP contribution in [0.2, 0.25) is 0 Å². The Balaban J connectivity index is 1.93. The lowest BCUT2D eigenvalue weighted by molar-refractivity contribution is 0.604. The van der Waals surface area contributed by atoms with E-state index in [0.717, 1.165) is 19.3 Å². The van der Waals surface area contributed by atoms with Crippen LogP contribution >= 0.6 is 0 Å². The molecule has 0 spiro atoms. The summed E-state index contributed by atoms with van der Waals surface area (Å²) in [6, 6.07) is 0.111. The Morgan fingerprint density at radius 1 is 0.750 bits per heavy atom. The highest BCUT2D eigenvalue weighted by Crippen LogP contribution is 2.11. The predicted octanol–water partition coefficient (Wildman–Crippen LogP) is -0.532. The summed E-state index contributed by atoms with van der Waals surface area (Å²) in [4.78, 5) is 23.4. The lowest BCUT2D eigenvalue weighted by atomic mass is 10.1. The number of hydrogen-bond acceptors (Lipinski definition) is 12. The molecule has 1 unspecified atom stereocenters. The first-order valence-corrected chi connectivity index (χ1v) is 7.50. The number of anilines is 6. The highest BCUT2D eigenvalue weighted by atomic mass is 15.2. The number of nitrogens with one attached hydrogen (secondary N) is 2. The van der Waals surface area contributed by atoms with E-state index in [9.17, 15) is 0 Å². The molecule has 0 amide bonds. The van der Waals surface area contributed by atoms with Gasteiger partial charge in [-0.3, -0.25) is 0 Å². The molecule has 0 bridgehead atoms. The van der Waals surface area contributed by atoms with Crippen molar-refractivity contribution in [3.8, 4) is 0 Å². The largest absolute Gasteiger partial charge is 0.368 e. The second-order valence-electron chi connectivity index (χ2n) is 5.10. The van der Waals surface area contributed by atoms with Gasteiger partial charge in [-0.15, -0.1) is 0 Å². The first-order valence-electron chi connectivity index (χ1n) is 7.50. The van der Waals surface area contributed by atoms with Crippen LogP contribution in [0.3, 0.4) is 0 Å². The summed E-state index contributed by atoms with van der Waals surface area (Å²) < 4.78 is 0. The molecule has 24 heavy (non-hydrogen) atoms. The minimum absolute atomic E-state index is 0.0735. The van der Waals surface area contributed by atoms with E-state index < -0.39 is 0 Å². The first-order chi connectivity index (χ1) is 11.5. The van der Waals surface area contributed by atoms with Crippen molar-refractivity contribution in [2.75, 3.05) is 40.1 Å². The van der Waals surface area contributed by atoms with E-state index in [0.29, 0.717) is 18.4 Å². The molecule has 0 saturated heterocycles. The Labute approximate surface area is 138 Å². The molecule has 0 aromatic carbocycles. The fourth-order valence-corrected chi connectivity index (χ4v) is 2.14. The summed E-state index contributed by atoms with van der Waals surface area (Å²) in [5.41, 5.74) is 22.2. The maximum atomic E-state index is 5.57. The SMILES string of the molecule is CCCC(CCNc1nc(N)nc(N)n1)Nc1nc(N)nc(N)n1. The van der Waals surface area contributed by atoms with Gasteiger partial charge in [0.2, 0.25) is 35.7 Å². The van der Waals surface area contributed by atoms with E-state index in [1.165, 1.54) is 0 Å². The van der Waals surface area contributed by atoms with Crippen molar-refractivity contribution in [3.05, 3.63) is 0 Å². The van der Waals surface area contributed by atoms with Gasteiger partial charge in [-0.05, 0) is 12.8 Å². The van der Waals surface area contributed by atoms with Gasteiger partial charge in [-0.2, -0.15) is 29.9 Å². The second-order valence-corrected chi connectivity index (χ2v) is 5.10. The minimum atomic E-state index is 0.0735. The first kappa shape index (κ1) is 17.2. The van der Waals surface area contributed by atoms with Gasteiger partial charge in [0.05, 0.1) is 0 Å². The summed E-state index contributed by atoms with van der Waals surface area (Å²) in [5, 5.41) is 6.26. The van der Waals surface area contributed by atoms with Crippen molar-refractivity contribution in [1.29, 1.82) is 0 Å². The van der Waals surface area contributed by atoms with E-state index in [4.69, 9.17) is 22.9 Å². The molecule has 12 heteroatoms. The van der Waals surface area contributed by atoms with Crippen molar-refractivity contribution in [1.82, 2.24) is 29.9 Å². The van der Waals surface area contributed by atoms with Crippen molar-refractivity contribution in [2.24, 2.45) is 0 Å². The number of nitrogen functional groups attached to an aromatic ring is 4. The Morgan fingerprint density at radius 3 is 1.75 bits per heavy atom. The zero-order valence-electron chi connectivity index (χ0n) is 13.4. The highest BCUT2D eigenvalue weighted by molar-refractivity contribution is 5.38. The molecule has 0 aliphatic rings.